The zero-order valence-electron chi connectivity index (χ0n) is 12.8. The molecular formula is C19H15FN4. The minimum Gasteiger partial charge on any atom is -0.380 e. The van der Waals surface area contributed by atoms with Crippen LogP contribution in [0.25, 0.3) is 22.0 Å². The number of H-pyrrole nitrogens is 1. The molecule has 4 rings (SSSR count). The molecule has 24 heavy (non-hydrogen) atoms. The fraction of sp³-hybridized carbons (Fsp3) is 0.0526. The third-order valence-electron chi connectivity index (χ3n) is 3.95. The van der Waals surface area contributed by atoms with Crippen molar-refractivity contribution in [3.63, 3.8) is 0 Å². The van der Waals surface area contributed by atoms with Crippen molar-refractivity contribution in [1.29, 1.82) is 0 Å². The normalized spacial score (nSPS) is 10.9. The molecule has 118 valence electrons. The van der Waals surface area contributed by atoms with Crippen molar-refractivity contribution in [2.75, 3.05) is 5.32 Å². The highest BCUT2D eigenvalue weighted by Crippen LogP contribution is 2.25. The Morgan fingerprint density at radius 1 is 0.958 bits per heavy atom. The quantitative estimate of drug-likeness (QED) is 0.587. The van der Waals surface area contributed by atoms with Crippen LogP contribution in [0.3, 0.4) is 0 Å². The van der Waals surface area contributed by atoms with Gasteiger partial charge in [0.1, 0.15) is 5.82 Å². The minimum atomic E-state index is -0.209. The zero-order chi connectivity index (χ0) is 16.4. The van der Waals surface area contributed by atoms with Crippen LogP contribution in [0.1, 0.15) is 5.56 Å². The molecule has 0 aliphatic carbocycles. The van der Waals surface area contributed by atoms with Gasteiger partial charge in [0.05, 0.1) is 17.4 Å². The lowest BCUT2D eigenvalue weighted by molar-refractivity contribution is 0.613. The molecule has 0 aliphatic heterocycles. The van der Waals surface area contributed by atoms with Crippen LogP contribution < -0.4 is 5.32 Å². The first-order valence-corrected chi connectivity index (χ1v) is 7.65. The van der Waals surface area contributed by atoms with Crippen LogP contribution in [0, 0.1) is 5.82 Å². The van der Waals surface area contributed by atoms with Crippen molar-refractivity contribution in [1.82, 2.24) is 15.2 Å². The summed E-state index contributed by atoms with van der Waals surface area (Å²) in [5.74, 6) is -0.209. The van der Waals surface area contributed by atoms with Gasteiger partial charge in [0, 0.05) is 35.5 Å². The van der Waals surface area contributed by atoms with Gasteiger partial charge in [-0.3, -0.25) is 10.1 Å². The molecule has 5 heteroatoms. The molecule has 4 aromatic rings. The highest BCUT2D eigenvalue weighted by Gasteiger charge is 2.04. The Morgan fingerprint density at radius 2 is 1.88 bits per heavy atom. The molecule has 0 aliphatic rings. The molecule has 0 amide bonds. The molecule has 2 aromatic carbocycles. The number of nitrogens with zero attached hydrogens (tertiary/aromatic N) is 2. The maximum absolute atomic E-state index is 13.7. The van der Waals surface area contributed by atoms with Crippen LogP contribution in [-0.4, -0.2) is 15.2 Å². The standard InChI is InChI=1S/C19H15FN4/c20-18-4-2-1-3-14(18)10-22-17-8-15(9-21-12-17)13-5-6-19-16(7-13)11-23-24-19/h1-9,11-12,22H,10H2,(H,23,24). The van der Waals surface area contributed by atoms with Crippen molar-refractivity contribution < 1.29 is 4.39 Å². The molecule has 2 aromatic heterocycles. The molecule has 0 spiro atoms. The molecule has 2 heterocycles. The Bertz CT molecular complexity index is 993. The number of hydrogen-bond donors (Lipinski definition) is 2. The van der Waals surface area contributed by atoms with Crippen molar-refractivity contribution in [2.45, 2.75) is 6.54 Å². The Labute approximate surface area is 138 Å². The van der Waals surface area contributed by atoms with E-state index in [9.17, 15) is 4.39 Å². The number of fused-ring (bicyclic) bond motifs is 1. The Kier molecular flexibility index (Phi) is 3.67. The molecule has 0 bridgehead atoms. The maximum Gasteiger partial charge on any atom is 0.128 e. The van der Waals surface area contributed by atoms with Crippen molar-refractivity contribution >= 4 is 16.6 Å². The van der Waals surface area contributed by atoms with Crippen molar-refractivity contribution in [3.05, 3.63) is 78.5 Å². The van der Waals surface area contributed by atoms with Crippen LogP contribution in [0.15, 0.2) is 67.1 Å². The summed E-state index contributed by atoms with van der Waals surface area (Å²) in [6, 6.07) is 14.8. The largest absolute Gasteiger partial charge is 0.380 e. The van der Waals surface area contributed by atoms with Gasteiger partial charge in [-0.25, -0.2) is 4.39 Å². The lowest BCUT2D eigenvalue weighted by Gasteiger charge is -2.09. The third-order valence-corrected chi connectivity index (χ3v) is 3.95. The van der Waals surface area contributed by atoms with E-state index in [-0.39, 0.29) is 5.82 Å². The van der Waals surface area contributed by atoms with E-state index in [1.165, 1.54) is 6.07 Å². The lowest BCUT2D eigenvalue weighted by Crippen LogP contribution is -2.02. The van der Waals surface area contributed by atoms with Crippen LogP contribution in [-0.2, 0) is 6.54 Å². The first kappa shape index (κ1) is 14.4. The Morgan fingerprint density at radius 3 is 2.79 bits per heavy atom. The topological polar surface area (TPSA) is 53.6 Å². The monoisotopic (exact) mass is 318 g/mol. The van der Waals surface area contributed by atoms with Crippen LogP contribution in [0.5, 0.6) is 0 Å². The van der Waals surface area contributed by atoms with E-state index in [4.69, 9.17) is 0 Å². The Hall–Kier alpha value is -3.21. The first-order valence-electron chi connectivity index (χ1n) is 7.65. The number of aromatic amines is 1. The molecule has 0 saturated heterocycles. The van der Waals surface area contributed by atoms with Gasteiger partial charge in [0.15, 0.2) is 0 Å². The fourth-order valence-corrected chi connectivity index (χ4v) is 2.66. The minimum absolute atomic E-state index is 0.209. The number of halogens is 1. The summed E-state index contributed by atoms with van der Waals surface area (Å²) in [7, 11) is 0. The van der Waals surface area contributed by atoms with Crippen LogP contribution in [0.2, 0.25) is 0 Å². The summed E-state index contributed by atoms with van der Waals surface area (Å²) in [4.78, 5) is 4.28. The van der Waals surface area contributed by atoms with E-state index in [1.807, 2.05) is 30.5 Å². The summed E-state index contributed by atoms with van der Waals surface area (Å²) < 4.78 is 13.7. The molecule has 0 unspecified atom stereocenters. The van der Waals surface area contributed by atoms with Gasteiger partial charge in [-0.05, 0) is 29.8 Å². The van der Waals surface area contributed by atoms with E-state index >= 15 is 0 Å². The van der Waals surface area contributed by atoms with Gasteiger partial charge in [0.25, 0.3) is 0 Å². The SMILES string of the molecule is Fc1ccccc1CNc1cncc(-c2ccc3[nH]ncc3c2)c1. The summed E-state index contributed by atoms with van der Waals surface area (Å²) in [5.41, 5.74) is 4.54. The van der Waals surface area contributed by atoms with Gasteiger partial charge >= 0.3 is 0 Å². The zero-order valence-corrected chi connectivity index (χ0v) is 12.8. The second-order valence-electron chi connectivity index (χ2n) is 5.58. The highest BCUT2D eigenvalue weighted by atomic mass is 19.1. The number of nitrogens with one attached hydrogen (secondary N) is 2. The molecule has 0 fully saturated rings. The number of rotatable bonds is 4. The summed E-state index contributed by atoms with van der Waals surface area (Å²) in [6.45, 7) is 0.415. The first-order chi connectivity index (χ1) is 11.8. The highest BCUT2D eigenvalue weighted by molar-refractivity contribution is 5.84. The number of hydrogen-bond acceptors (Lipinski definition) is 3. The molecule has 0 saturated carbocycles. The van der Waals surface area contributed by atoms with Crippen LogP contribution >= 0.6 is 0 Å². The number of benzene rings is 2. The lowest BCUT2D eigenvalue weighted by atomic mass is 10.1. The van der Waals surface area contributed by atoms with E-state index in [1.54, 1.807) is 24.5 Å². The van der Waals surface area contributed by atoms with Gasteiger partial charge in [-0.1, -0.05) is 24.3 Å². The van der Waals surface area contributed by atoms with Gasteiger partial charge in [-0.15, -0.1) is 0 Å². The molecule has 2 N–H and O–H groups in total. The second-order valence-corrected chi connectivity index (χ2v) is 5.58. The molecule has 0 radical (unpaired) electrons. The summed E-state index contributed by atoms with van der Waals surface area (Å²) in [5, 5.41) is 11.3. The average Bonchev–Trinajstić information content (AvgIpc) is 3.09. The van der Waals surface area contributed by atoms with Crippen molar-refractivity contribution in [3.8, 4) is 11.1 Å². The molecule has 4 nitrogen and oxygen atoms in total. The average molecular weight is 318 g/mol. The van der Waals surface area contributed by atoms with Crippen molar-refractivity contribution in [2.24, 2.45) is 0 Å². The van der Waals surface area contributed by atoms with Crippen LogP contribution in [0.4, 0.5) is 10.1 Å². The predicted molar refractivity (Wildman–Crippen MR) is 93.1 cm³/mol. The molecular weight excluding hydrogens is 303 g/mol. The smallest absolute Gasteiger partial charge is 0.128 e. The number of anilines is 1. The number of aromatic nitrogens is 3. The second kappa shape index (κ2) is 6.12. The van der Waals surface area contributed by atoms with Gasteiger partial charge in [-0.2, -0.15) is 5.10 Å². The fourth-order valence-electron chi connectivity index (χ4n) is 2.66. The molecule has 0 atom stereocenters. The third kappa shape index (κ3) is 2.84. The predicted octanol–water partition coefficient (Wildman–Crippen LogP) is 4.38. The van der Waals surface area contributed by atoms with E-state index in [0.29, 0.717) is 12.1 Å². The Balaban J connectivity index is 1.58. The van der Waals surface area contributed by atoms with Gasteiger partial charge < -0.3 is 5.32 Å². The van der Waals surface area contributed by atoms with Gasteiger partial charge in [0.2, 0.25) is 0 Å². The number of pyridine rings is 1. The summed E-state index contributed by atoms with van der Waals surface area (Å²) in [6.07, 6.45) is 5.35. The maximum atomic E-state index is 13.7. The van der Waals surface area contributed by atoms with E-state index in [2.05, 4.69) is 26.6 Å². The van der Waals surface area contributed by atoms with E-state index in [0.717, 1.165) is 27.7 Å². The summed E-state index contributed by atoms with van der Waals surface area (Å²) >= 11 is 0. The van der Waals surface area contributed by atoms with E-state index < -0.39 is 0 Å².